The van der Waals surface area contributed by atoms with Gasteiger partial charge in [0.15, 0.2) is 0 Å². The highest BCUT2D eigenvalue weighted by molar-refractivity contribution is 7.99. The molecule has 1 aliphatic rings. The van der Waals surface area contributed by atoms with Gasteiger partial charge in [-0.05, 0) is 58.4 Å². The lowest BCUT2D eigenvalue weighted by atomic mass is 10.1. The van der Waals surface area contributed by atoms with E-state index in [0.29, 0.717) is 25.1 Å². The summed E-state index contributed by atoms with van der Waals surface area (Å²) in [6.45, 7) is 7.43. The van der Waals surface area contributed by atoms with Gasteiger partial charge in [-0.3, -0.25) is 38.4 Å². The summed E-state index contributed by atoms with van der Waals surface area (Å²) in [5.41, 5.74) is 6.18. The van der Waals surface area contributed by atoms with E-state index < -0.39 is 89.6 Å². The van der Waals surface area contributed by atoms with E-state index >= 15 is 0 Å². The van der Waals surface area contributed by atoms with Crippen molar-refractivity contribution in [3.63, 3.8) is 0 Å². The van der Waals surface area contributed by atoms with Crippen LogP contribution in [0.3, 0.4) is 0 Å². The summed E-state index contributed by atoms with van der Waals surface area (Å²) >= 11 is 2.81. The summed E-state index contributed by atoms with van der Waals surface area (Å²) in [5, 5.41) is 21.8. The number of thiophene rings is 1. The van der Waals surface area contributed by atoms with Crippen LogP contribution in [0, 0.1) is 0 Å². The summed E-state index contributed by atoms with van der Waals surface area (Å²) in [7, 11) is 0. The summed E-state index contributed by atoms with van der Waals surface area (Å²) in [4.78, 5) is 111. The van der Waals surface area contributed by atoms with Crippen LogP contribution in [0.5, 0.6) is 0 Å². The summed E-state index contributed by atoms with van der Waals surface area (Å²) < 4.78 is 2.97. The number of carbonyl (C=O) groups excluding carboxylic acids is 8. The standard InChI is InChI=1S/C35H49N11O8S2/c1-17-29(49)39-18(2)30(50)41-20(4)32(52)45-26(34(54)44-25(28(36)48)12-23-13-37-16-38-23)15-56-35-27-22(9-11-55-27)14-46(35)10-7-6-8-24(43-21(5)47)33(53)42-19(3)31(51)40-17/h9,11,13-14,16-20,24-26H,6-8,10,12,15H2,1-5H3,(H2,36,48)(H,37,38)(H,39,49)(H,40,51)(H,41,50)(H,42,53)(H,43,47)(H,44,54)(H,45,52)/t17-,18-,19-,20-,24-,25-,26-/m0/s1. The molecule has 56 heavy (non-hydrogen) atoms. The van der Waals surface area contributed by atoms with Crippen molar-refractivity contribution in [1.29, 1.82) is 0 Å². The third kappa shape index (κ3) is 12.0. The number of aromatic amines is 1. The molecule has 3 aromatic heterocycles. The number of aryl methyl sites for hydroxylation is 1. The van der Waals surface area contributed by atoms with Crippen molar-refractivity contribution in [3.05, 3.63) is 35.9 Å². The minimum atomic E-state index is -1.21. The van der Waals surface area contributed by atoms with Crippen LogP contribution in [0.15, 0.2) is 35.2 Å². The third-order valence-electron chi connectivity index (χ3n) is 8.95. The molecule has 7 atom stereocenters. The number of nitrogens with two attached hydrogens (primary N) is 1. The van der Waals surface area contributed by atoms with Crippen molar-refractivity contribution in [3.8, 4) is 0 Å². The van der Waals surface area contributed by atoms with Crippen LogP contribution in [0.2, 0.25) is 0 Å². The SMILES string of the molecule is CC(=O)N[C@H]1CCCCn2cc3ccsc3c2SC[C@@H](C(=O)N[C@@H](Cc2cnc[nH]2)C(N)=O)NC(=O)[C@H](C)NC(=O)[C@H](C)NC(=O)[C@H](C)NC(=O)[C@H](C)NC1=O. The lowest BCUT2D eigenvalue weighted by Crippen LogP contribution is -2.59. The molecule has 0 aromatic carbocycles. The number of imidazole rings is 1. The zero-order valence-electron chi connectivity index (χ0n) is 31.7. The molecule has 0 bridgehead atoms. The molecule has 0 saturated carbocycles. The number of primary amides is 1. The molecule has 10 N–H and O–H groups in total. The summed E-state index contributed by atoms with van der Waals surface area (Å²) in [5.74, 6) is -5.28. The molecule has 4 heterocycles. The fourth-order valence-electron chi connectivity index (χ4n) is 5.76. The van der Waals surface area contributed by atoms with E-state index in [0.717, 1.165) is 15.1 Å². The zero-order chi connectivity index (χ0) is 41.1. The van der Waals surface area contributed by atoms with Crippen LogP contribution >= 0.6 is 23.1 Å². The Labute approximate surface area is 331 Å². The first-order valence-electron chi connectivity index (χ1n) is 18.1. The number of H-pyrrole nitrogens is 1. The molecule has 19 nitrogen and oxygen atoms in total. The molecular formula is C35H49N11O8S2. The van der Waals surface area contributed by atoms with E-state index in [1.54, 1.807) is 0 Å². The molecule has 0 aliphatic carbocycles. The van der Waals surface area contributed by atoms with Crippen molar-refractivity contribution in [2.45, 2.75) is 114 Å². The second-order valence-corrected chi connectivity index (χ2v) is 15.5. The number of thioether (sulfide) groups is 1. The Morgan fingerprint density at radius 3 is 2.04 bits per heavy atom. The molecule has 0 unspecified atom stereocenters. The van der Waals surface area contributed by atoms with Gasteiger partial charge < -0.3 is 52.5 Å². The lowest BCUT2D eigenvalue weighted by molar-refractivity contribution is -0.134. The Balaban J connectivity index is 1.62. The second-order valence-electron chi connectivity index (χ2n) is 13.6. The molecule has 21 heteroatoms. The normalized spacial score (nSPS) is 24.6. The Bertz CT molecular complexity index is 1910. The number of nitrogens with one attached hydrogen (secondary N) is 8. The average Bonchev–Trinajstić information content (AvgIpc) is 3.89. The van der Waals surface area contributed by atoms with Crippen molar-refractivity contribution >= 4 is 80.4 Å². The summed E-state index contributed by atoms with van der Waals surface area (Å²) in [6, 6.07) is -5.81. The average molecular weight is 816 g/mol. The molecule has 0 spiro atoms. The van der Waals surface area contributed by atoms with Crippen LogP contribution in [0.1, 0.15) is 59.6 Å². The van der Waals surface area contributed by atoms with Gasteiger partial charge in [-0.25, -0.2) is 4.98 Å². The number of aromatic nitrogens is 3. The van der Waals surface area contributed by atoms with Gasteiger partial charge in [0.25, 0.3) is 0 Å². The van der Waals surface area contributed by atoms with Crippen LogP contribution < -0.4 is 43.0 Å². The van der Waals surface area contributed by atoms with Gasteiger partial charge in [0.1, 0.15) is 42.3 Å². The topological polar surface area (TPSA) is 280 Å². The number of hydrogen-bond donors (Lipinski definition) is 9. The van der Waals surface area contributed by atoms with E-state index in [4.69, 9.17) is 5.73 Å². The van der Waals surface area contributed by atoms with Crippen LogP contribution in [-0.4, -0.2) is 110 Å². The molecule has 304 valence electrons. The van der Waals surface area contributed by atoms with Gasteiger partial charge in [-0.15, -0.1) is 23.1 Å². The lowest BCUT2D eigenvalue weighted by Gasteiger charge is -2.25. The Morgan fingerprint density at radius 2 is 1.48 bits per heavy atom. The van der Waals surface area contributed by atoms with Crippen LogP contribution in [-0.2, 0) is 51.3 Å². The largest absolute Gasteiger partial charge is 0.368 e. The molecule has 1 aliphatic heterocycles. The molecule has 0 radical (unpaired) electrons. The number of nitrogens with zero attached hydrogens (tertiary/aromatic N) is 2. The predicted octanol–water partition coefficient (Wildman–Crippen LogP) is -1.08. The predicted molar refractivity (Wildman–Crippen MR) is 208 cm³/mol. The van der Waals surface area contributed by atoms with E-state index in [9.17, 15) is 38.4 Å². The first kappa shape index (κ1) is 43.3. The molecule has 4 rings (SSSR count). The monoisotopic (exact) mass is 815 g/mol. The number of hydrogen-bond acceptors (Lipinski definition) is 11. The van der Waals surface area contributed by atoms with E-state index in [2.05, 4.69) is 47.2 Å². The Morgan fingerprint density at radius 1 is 0.893 bits per heavy atom. The van der Waals surface area contributed by atoms with Gasteiger partial charge in [0, 0.05) is 49.1 Å². The van der Waals surface area contributed by atoms with Gasteiger partial charge in [0.2, 0.25) is 47.3 Å². The first-order chi connectivity index (χ1) is 26.5. The molecule has 0 fully saturated rings. The molecule has 8 amide bonds. The minimum absolute atomic E-state index is 0.0177. The van der Waals surface area contributed by atoms with Crippen LogP contribution in [0.25, 0.3) is 10.1 Å². The minimum Gasteiger partial charge on any atom is -0.368 e. The number of rotatable bonds is 6. The van der Waals surface area contributed by atoms with Crippen molar-refractivity contribution in [2.75, 3.05) is 5.75 Å². The highest BCUT2D eigenvalue weighted by Gasteiger charge is 2.31. The maximum atomic E-state index is 13.8. The summed E-state index contributed by atoms with van der Waals surface area (Å²) in [6.07, 6.45) is 6.28. The smallest absolute Gasteiger partial charge is 0.244 e. The molecule has 3 aromatic rings. The van der Waals surface area contributed by atoms with Crippen molar-refractivity contribution in [2.24, 2.45) is 5.73 Å². The second kappa shape index (κ2) is 19.9. The third-order valence-corrected chi connectivity index (χ3v) is 11.2. The fourth-order valence-corrected chi connectivity index (χ4v) is 8.02. The number of fused-ring (bicyclic) bond motifs is 3. The molecule has 0 saturated heterocycles. The van der Waals surface area contributed by atoms with E-state index in [1.165, 1.54) is 70.2 Å². The quantitative estimate of drug-likeness (QED) is 0.145. The number of amides is 8. The Hall–Kier alpha value is -5.44. The highest BCUT2D eigenvalue weighted by Crippen LogP contribution is 2.35. The van der Waals surface area contributed by atoms with Crippen molar-refractivity contribution < 1.29 is 38.4 Å². The molecular weight excluding hydrogens is 767 g/mol. The maximum Gasteiger partial charge on any atom is 0.244 e. The fraction of sp³-hybridized carbons (Fsp3) is 0.514. The van der Waals surface area contributed by atoms with E-state index in [1.807, 2.05) is 22.2 Å². The first-order valence-corrected chi connectivity index (χ1v) is 20.0. The van der Waals surface area contributed by atoms with Crippen molar-refractivity contribution in [1.82, 2.24) is 51.8 Å². The van der Waals surface area contributed by atoms with Crippen LogP contribution in [0.4, 0.5) is 0 Å². The van der Waals surface area contributed by atoms with E-state index in [-0.39, 0.29) is 18.6 Å². The Kier molecular flexibility index (Phi) is 15.4. The van der Waals surface area contributed by atoms with Gasteiger partial charge in [0.05, 0.1) is 16.1 Å². The zero-order valence-corrected chi connectivity index (χ0v) is 33.4. The highest BCUT2D eigenvalue weighted by atomic mass is 32.2. The van der Waals surface area contributed by atoms with Gasteiger partial charge in [-0.2, -0.15) is 0 Å². The van der Waals surface area contributed by atoms with Gasteiger partial charge in [-0.1, -0.05) is 0 Å². The number of carbonyl (C=O) groups is 8. The maximum absolute atomic E-state index is 13.8. The van der Waals surface area contributed by atoms with Gasteiger partial charge >= 0.3 is 0 Å².